The number of nitrogens with one attached hydrogen (secondary N) is 1. The third kappa shape index (κ3) is 4.76. The number of carbonyl (C=O) groups excluding carboxylic acids is 1. The number of benzene rings is 1. The smallest absolute Gasteiger partial charge is 0.322 e. The zero-order valence-electron chi connectivity index (χ0n) is 12.2. The molecule has 0 saturated carbocycles. The van der Waals surface area contributed by atoms with Crippen molar-refractivity contribution in [1.82, 2.24) is 5.32 Å². The Bertz CT molecular complexity index is 465. The minimum atomic E-state index is -0.450. The molecule has 2 unspecified atom stereocenters. The van der Waals surface area contributed by atoms with E-state index in [9.17, 15) is 9.18 Å². The van der Waals surface area contributed by atoms with Crippen LogP contribution in [-0.4, -0.2) is 19.1 Å². The summed E-state index contributed by atoms with van der Waals surface area (Å²) in [5.74, 6) is -0.385. The van der Waals surface area contributed by atoms with Crippen molar-refractivity contribution in [1.29, 1.82) is 0 Å². The van der Waals surface area contributed by atoms with Crippen molar-refractivity contribution in [2.75, 3.05) is 7.11 Å². The van der Waals surface area contributed by atoms with Crippen molar-refractivity contribution in [3.05, 3.63) is 34.6 Å². The summed E-state index contributed by atoms with van der Waals surface area (Å²) in [6.07, 6.45) is 0.673. The normalized spacial score (nSPS) is 14.2. The van der Waals surface area contributed by atoms with Crippen LogP contribution in [0.5, 0.6) is 0 Å². The summed E-state index contributed by atoms with van der Waals surface area (Å²) in [4.78, 5) is 11.8. The summed E-state index contributed by atoms with van der Waals surface area (Å²) < 4.78 is 18.0. The molecule has 0 aliphatic heterocycles. The zero-order valence-corrected chi connectivity index (χ0v) is 13.0. The van der Waals surface area contributed by atoms with Gasteiger partial charge in [-0.2, -0.15) is 0 Å². The Labute approximate surface area is 124 Å². The predicted octanol–water partition coefficient (Wildman–Crippen LogP) is 3.72. The maximum Gasteiger partial charge on any atom is 0.322 e. The molecule has 0 aliphatic carbocycles. The van der Waals surface area contributed by atoms with E-state index in [2.05, 4.69) is 5.32 Å². The standard InChI is InChI=1S/C15H21ClFNO2/c1-9(2)7-14(15(19)20-4)18-10(3)11-5-6-13(17)12(16)8-11/h5-6,8-10,14,18H,7H2,1-4H3. The maximum atomic E-state index is 13.2. The van der Waals surface area contributed by atoms with Crippen molar-refractivity contribution >= 4 is 17.6 Å². The van der Waals surface area contributed by atoms with Gasteiger partial charge in [0, 0.05) is 6.04 Å². The summed E-state index contributed by atoms with van der Waals surface area (Å²) >= 11 is 5.77. The maximum absolute atomic E-state index is 13.2. The highest BCUT2D eigenvalue weighted by atomic mass is 35.5. The van der Waals surface area contributed by atoms with Gasteiger partial charge < -0.3 is 4.74 Å². The molecule has 1 N–H and O–H groups in total. The van der Waals surface area contributed by atoms with Crippen LogP contribution in [0.3, 0.4) is 0 Å². The van der Waals surface area contributed by atoms with Crippen LogP contribution in [0.2, 0.25) is 5.02 Å². The van der Waals surface area contributed by atoms with Gasteiger partial charge in [0.05, 0.1) is 12.1 Å². The first-order valence-corrected chi connectivity index (χ1v) is 7.01. The van der Waals surface area contributed by atoms with Gasteiger partial charge in [-0.25, -0.2) is 4.39 Å². The highest BCUT2D eigenvalue weighted by molar-refractivity contribution is 6.30. The third-order valence-corrected chi connectivity index (χ3v) is 3.38. The van der Waals surface area contributed by atoms with Crippen LogP contribution < -0.4 is 5.32 Å². The van der Waals surface area contributed by atoms with Gasteiger partial charge in [0.25, 0.3) is 0 Å². The Morgan fingerprint density at radius 2 is 2.05 bits per heavy atom. The Morgan fingerprint density at radius 1 is 1.40 bits per heavy atom. The van der Waals surface area contributed by atoms with Crippen LogP contribution in [0, 0.1) is 11.7 Å². The second kappa shape index (κ2) is 7.60. The molecule has 0 fully saturated rings. The van der Waals surface area contributed by atoms with E-state index in [0.717, 1.165) is 5.56 Å². The van der Waals surface area contributed by atoms with Crippen molar-refractivity contribution in [2.24, 2.45) is 5.92 Å². The number of esters is 1. The highest BCUT2D eigenvalue weighted by Gasteiger charge is 2.22. The fourth-order valence-electron chi connectivity index (χ4n) is 2.03. The van der Waals surface area contributed by atoms with Crippen molar-refractivity contribution < 1.29 is 13.9 Å². The minimum Gasteiger partial charge on any atom is -0.468 e. The first-order valence-electron chi connectivity index (χ1n) is 6.64. The zero-order chi connectivity index (χ0) is 15.3. The average Bonchev–Trinajstić information content (AvgIpc) is 2.39. The molecule has 0 saturated heterocycles. The summed E-state index contributed by atoms with van der Waals surface area (Å²) in [5.41, 5.74) is 0.828. The van der Waals surface area contributed by atoms with Crippen LogP contribution in [0.25, 0.3) is 0 Å². The van der Waals surface area contributed by atoms with Crippen LogP contribution in [-0.2, 0) is 9.53 Å². The number of rotatable bonds is 6. The lowest BCUT2D eigenvalue weighted by molar-refractivity contribution is -0.143. The number of hydrogen-bond acceptors (Lipinski definition) is 3. The van der Waals surface area contributed by atoms with E-state index in [-0.39, 0.29) is 23.1 Å². The van der Waals surface area contributed by atoms with E-state index in [0.29, 0.717) is 12.3 Å². The highest BCUT2D eigenvalue weighted by Crippen LogP contribution is 2.22. The topological polar surface area (TPSA) is 38.3 Å². The molecule has 2 atom stereocenters. The first-order chi connectivity index (χ1) is 9.35. The molecular weight excluding hydrogens is 281 g/mol. The van der Waals surface area contributed by atoms with E-state index >= 15 is 0 Å². The van der Waals surface area contributed by atoms with Gasteiger partial charge in [-0.1, -0.05) is 31.5 Å². The summed E-state index contributed by atoms with van der Waals surface area (Å²) in [6.45, 7) is 5.98. The van der Waals surface area contributed by atoms with Gasteiger partial charge in [-0.05, 0) is 37.0 Å². The van der Waals surface area contributed by atoms with E-state index in [1.165, 1.54) is 13.2 Å². The number of methoxy groups -OCH3 is 1. The lowest BCUT2D eigenvalue weighted by Gasteiger charge is -2.23. The van der Waals surface area contributed by atoms with Gasteiger partial charge in [0.15, 0.2) is 0 Å². The number of halogens is 2. The Balaban J connectivity index is 2.81. The van der Waals surface area contributed by atoms with E-state index in [4.69, 9.17) is 16.3 Å². The molecule has 1 rings (SSSR count). The van der Waals surface area contributed by atoms with E-state index < -0.39 is 5.82 Å². The molecule has 20 heavy (non-hydrogen) atoms. The second-order valence-electron chi connectivity index (χ2n) is 5.27. The van der Waals surface area contributed by atoms with Gasteiger partial charge in [-0.15, -0.1) is 0 Å². The summed E-state index contributed by atoms with van der Waals surface area (Å²) in [7, 11) is 1.37. The van der Waals surface area contributed by atoms with Gasteiger partial charge in [0.2, 0.25) is 0 Å². The van der Waals surface area contributed by atoms with Crippen LogP contribution in [0.15, 0.2) is 18.2 Å². The number of hydrogen-bond donors (Lipinski definition) is 1. The van der Waals surface area contributed by atoms with Crippen molar-refractivity contribution in [3.8, 4) is 0 Å². The second-order valence-corrected chi connectivity index (χ2v) is 5.67. The average molecular weight is 302 g/mol. The molecule has 5 heteroatoms. The van der Waals surface area contributed by atoms with Crippen molar-refractivity contribution in [3.63, 3.8) is 0 Å². The molecule has 0 spiro atoms. The Morgan fingerprint density at radius 3 is 2.55 bits per heavy atom. The molecular formula is C15H21ClFNO2. The summed E-state index contributed by atoms with van der Waals surface area (Å²) in [6, 6.07) is 4.03. The fourth-order valence-corrected chi connectivity index (χ4v) is 2.21. The third-order valence-electron chi connectivity index (χ3n) is 3.09. The SMILES string of the molecule is COC(=O)C(CC(C)C)NC(C)c1ccc(F)c(Cl)c1. The molecule has 0 aliphatic rings. The molecule has 0 heterocycles. The molecule has 3 nitrogen and oxygen atoms in total. The molecule has 0 radical (unpaired) electrons. The largest absolute Gasteiger partial charge is 0.468 e. The molecule has 112 valence electrons. The quantitative estimate of drug-likeness (QED) is 0.814. The van der Waals surface area contributed by atoms with Crippen LogP contribution >= 0.6 is 11.6 Å². The van der Waals surface area contributed by atoms with Crippen molar-refractivity contribution in [2.45, 2.75) is 39.3 Å². The van der Waals surface area contributed by atoms with Gasteiger partial charge in [0.1, 0.15) is 11.9 Å². The Hall–Kier alpha value is -1.13. The molecule has 0 bridgehead atoms. The fraction of sp³-hybridized carbons (Fsp3) is 0.533. The van der Waals surface area contributed by atoms with E-state index in [1.807, 2.05) is 20.8 Å². The molecule has 0 aromatic heterocycles. The molecule has 1 aromatic rings. The van der Waals surface area contributed by atoms with Crippen LogP contribution in [0.4, 0.5) is 4.39 Å². The lowest BCUT2D eigenvalue weighted by Crippen LogP contribution is -2.40. The van der Waals surface area contributed by atoms with E-state index in [1.54, 1.807) is 12.1 Å². The minimum absolute atomic E-state index is 0.0784. The first kappa shape index (κ1) is 16.9. The van der Waals surface area contributed by atoms with Crippen LogP contribution in [0.1, 0.15) is 38.8 Å². The Kier molecular flexibility index (Phi) is 6.43. The number of ether oxygens (including phenoxy) is 1. The molecule has 1 aromatic carbocycles. The lowest BCUT2D eigenvalue weighted by atomic mass is 10.0. The monoisotopic (exact) mass is 301 g/mol. The van der Waals surface area contributed by atoms with Gasteiger partial charge >= 0.3 is 5.97 Å². The number of carbonyl (C=O) groups is 1. The predicted molar refractivity (Wildman–Crippen MR) is 78.2 cm³/mol. The van der Waals surface area contributed by atoms with Gasteiger partial charge in [-0.3, -0.25) is 10.1 Å². The summed E-state index contributed by atoms with van der Waals surface area (Å²) in [5, 5.41) is 3.28. The molecule has 0 amide bonds.